The van der Waals surface area contributed by atoms with Gasteiger partial charge in [0.1, 0.15) is 0 Å². The number of hydrogen-bond acceptors (Lipinski definition) is 2. The van der Waals surface area contributed by atoms with Crippen LogP contribution in [0.15, 0.2) is 18.2 Å². The van der Waals surface area contributed by atoms with Crippen LogP contribution in [0.1, 0.15) is 132 Å². The van der Waals surface area contributed by atoms with E-state index in [9.17, 15) is 0 Å². The van der Waals surface area contributed by atoms with Crippen molar-refractivity contribution in [2.75, 3.05) is 0 Å². The molecule has 0 unspecified atom stereocenters. The van der Waals surface area contributed by atoms with E-state index in [1.807, 2.05) is 0 Å². The number of fused-ring (bicyclic) bond motifs is 8. The number of aromatic nitrogens is 4. The molecule has 2 N–H and O–H groups in total. The van der Waals surface area contributed by atoms with Crippen LogP contribution in [0.4, 0.5) is 0 Å². The van der Waals surface area contributed by atoms with Crippen LogP contribution in [0, 0.1) is 6.92 Å². The van der Waals surface area contributed by atoms with Crippen LogP contribution in [0.5, 0.6) is 0 Å². The zero-order chi connectivity index (χ0) is 29.4. The summed E-state index contributed by atoms with van der Waals surface area (Å²) in [4.78, 5) is 18.4. The molecule has 0 aliphatic carbocycles. The number of allylic oxidation sites excluding steroid dienone is 4. The highest BCUT2D eigenvalue weighted by Crippen LogP contribution is 2.39. The smallest absolute Gasteiger partial charge is 0.0722 e. The van der Waals surface area contributed by atoms with Gasteiger partial charge in [-0.3, -0.25) is 0 Å². The van der Waals surface area contributed by atoms with Crippen molar-refractivity contribution in [3.63, 3.8) is 0 Å². The van der Waals surface area contributed by atoms with Crippen molar-refractivity contribution in [1.29, 1.82) is 0 Å². The van der Waals surface area contributed by atoms with E-state index >= 15 is 0 Å². The molecule has 0 saturated heterocycles. The summed E-state index contributed by atoms with van der Waals surface area (Å²) in [5.74, 6) is 0. The van der Waals surface area contributed by atoms with Gasteiger partial charge in [-0.1, -0.05) is 55.4 Å². The zero-order valence-electron chi connectivity index (χ0n) is 26.8. The molecule has 5 rings (SSSR count). The third kappa shape index (κ3) is 4.70. The zero-order valence-corrected chi connectivity index (χ0v) is 26.8. The first-order valence-electron chi connectivity index (χ1n) is 16.1. The van der Waals surface area contributed by atoms with E-state index in [-0.39, 0.29) is 0 Å². The van der Waals surface area contributed by atoms with Crippen LogP contribution in [0.2, 0.25) is 0 Å². The standard InChI is InChI=1S/C37H48N4/c1-10-22-24(12-3)32-19-34-26(14-5)28(16-7)36(40-34)21(9)37-29(17-8)27(15-6)35(41-37)20-33-25(13-4)23(11-2)31(39-33)18-30(22)38-32/h18-20,38,41H,10-17H2,1-9H3. The molecule has 2 aliphatic rings. The van der Waals surface area contributed by atoms with Gasteiger partial charge < -0.3 is 9.97 Å². The first-order valence-corrected chi connectivity index (χ1v) is 16.1. The van der Waals surface area contributed by atoms with E-state index in [1.165, 1.54) is 72.2 Å². The van der Waals surface area contributed by atoms with Crippen molar-refractivity contribution in [2.24, 2.45) is 0 Å². The van der Waals surface area contributed by atoms with Gasteiger partial charge in [0.15, 0.2) is 0 Å². The molecule has 5 heterocycles. The maximum atomic E-state index is 5.39. The highest BCUT2D eigenvalue weighted by atomic mass is 14.8. The minimum Gasteiger partial charge on any atom is -0.355 e. The Morgan fingerprint density at radius 2 is 0.854 bits per heavy atom. The molecule has 0 spiro atoms. The van der Waals surface area contributed by atoms with E-state index in [4.69, 9.17) is 9.97 Å². The Labute approximate surface area is 246 Å². The van der Waals surface area contributed by atoms with E-state index in [0.717, 1.165) is 74.1 Å². The Morgan fingerprint density at radius 1 is 0.463 bits per heavy atom. The number of hydrogen-bond donors (Lipinski definition) is 2. The molecule has 0 radical (unpaired) electrons. The Hall–Kier alpha value is -3.40. The van der Waals surface area contributed by atoms with Gasteiger partial charge in [0, 0.05) is 22.1 Å². The molecule has 0 aromatic carbocycles. The minimum absolute atomic E-state index is 0.973. The Balaban J connectivity index is 2.07. The summed E-state index contributed by atoms with van der Waals surface area (Å²) >= 11 is 0. The molecule has 0 atom stereocenters. The lowest BCUT2D eigenvalue weighted by Gasteiger charge is -2.06. The second-order valence-electron chi connectivity index (χ2n) is 11.3. The van der Waals surface area contributed by atoms with Gasteiger partial charge in [-0.25, -0.2) is 9.97 Å². The average molecular weight is 549 g/mol. The van der Waals surface area contributed by atoms with Crippen LogP contribution in [-0.4, -0.2) is 19.9 Å². The number of H-pyrrole nitrogens is 2. The molecule has 4 heteroatoms. The van der Waals surface area contributed by atoms with Gasteiger partial charge in [-0.05, 0) is 127 Å². The van der Waals surface area contributed by atoms with Crippen LogP contribution in [0.3, 0.4) is 0 Å². The van der Waals surface area contributed by atoms with Crippen LogP contribution in [0.25, 0.3) is 44.4 Å². The summed E-state index contributed by atoms with van der Waals surface area (Å²) < 4.78 is 0. The molecule has 3 aromatic heterocycles. The fourth-order valence-corrected chi connectivity index (χ4v) is 7.40. The summed E-state index contributed by atoms with van der Waals surface area (Å²) in [6.45, 7) is 20.4. The minimum atomic E-state index is 0.973. The molecular weight excluding hydrogens is 500 g/mol. The molecule has 216 valence electrons. The summed E-state index contributed by atoms with van der Waals surface area (Å²) in [6, 6.07) is 6.96. The third-order valence-corrected chi connectivity index (χ3v) is 9.35. The topological polar surface area (TPSA) is 57.4 Å². The highest BCUT2D eigenvalue weighted by Gasteiger charge is 2.23. The van der Waals surface area contributed by atoms with Crippen molar-refractivity contribution in [2.45, 2.75) is 114 Å². The molecular formula is C37H48N4. The summed E-state index contributed by atoms with van der Waals surface area (Å²) in [5.41, 5.74) is 21.7. The molecule has 4 nitrogen and oxygen atoms in total. The molecule has 41 heavy (non-hydrogen) atoms. The van der Waals surface area contributed by atoms with Gasteiger partial charge in [-0.2, -0.15) is 0 Å². The second kappa shape index (κ2) is 11.8. The van der Waals surface area contributed by atoms with Crippen molar-refractivity contribution >= 4 is 44.4 Å². The number of nitrogens with zero attached hydrogens (tertiary/aromatic N) is 2. The van der Waals surface area contributed by atoms with Gasteiger partial charge in [-0.15, -0.1) is 0 Å². The molecule has 0 saturated carbocycles. The third-order valence-electron chi connectivity index (χ3n) is 9.35. The van der Waals surface area contributed by atoms with Crippen molar-refractivity contribution < 1.29 is 0 Å². The fraction of sp³-hybridized carbons (Fsp3) is 0.459. The Morgan fingerprint density at radius 3 is 1.29 bits per heavy atom. The average Bonchev–Trinajstić information content (AvgIpc) is 3.71. The number of aromatic amines is 2. The largest absolute Gasteiger partial charge is 0.355 e. The second-order valence-corrected chi connectivity index (χ2v) is 11.3. The molecule has 3 aromatic rings. The summed E-state index contributed by atoms with van der Waals surface area (Å²) in [5, 5.41) is 0. The molecule has 0 amide bonds. The van der Waals surface area contributed by atoms with Crippen LogP contribution in [-0.2, 0) is 25.7 Å². The van der Waals surface area contributed by atoms with Crippen LogP contribution < -0.4 is 0 Å². The lowest BCUT2D eigenvalue weighted by molar-refractivity contribution is 1.07. The predicted molar refractivity (Wildman–Crippen MR) is 178 cm³/mol. The van der Waals surface area contributed by atoms with Gasteiger partial charge in [0.05, 0.1) is 22.8 Å². The van der Waals surface area contributed by atoms with E-state index in [2.05, 4.69) is 90.5 Å². The van der Waals surface area contributed by atoms with Crippen LogP contribution >= 0.6 is 0 Å². The lowest BCUT2D eigenvalue weighted by Crippen LogP contribution is -1.91. The predicted octanol–water partition coefficient (Wildman–Crippen LogP) is 10.3. The van der Waals surface area contributed by atoms with Crippen molar-refractivity contribution in [3.8, 4) is 0 Å². The maximum Gasteiger partial charge on any atom is 0.0722 e. The van der Waals surface area contributed by atoms with Gasteiger partial charge >= 0.3 is 0 Å². The number of nitrogens with one attached hydrogen (secondary N) is 2. The summed E-state index contributed by atoms with van der Waals surface area (Å²) in [6.07, 6.45) is 7.84. The maximum absolute atomic E-state index is 5.39. The number of aryl methyl sites for hydroxylation is 5. The van der Waals surface area contributed by atoms with E-state index in [1.54, 1.807) is 0 Å². The Bertz CT molecular complexity index is 1720. The highest BCUT2D eigenvalue weighted by molar-refractivity contribution is 5.96. The van der Waals surface area contributed by atoms with Gasteiger partial charge in [0.2, 0.25) is 0 Å². The van der Waals surface area contributed by atoms with Crippen molar-refractivity contribution in [3.05, 3.63) is 68.8 Å². The van der Waals surface area contributed by atoms with E-state index < -0.39 is 0 Å². The number of rotatable bonds is 8. The molecule has 2 aliphatic heterocycles. The fourth-order valence-electron chi connectivity index (χ4n) is 7.40. The van der Waals surface area contributed by atoms with Crippen molar-refractivity contribution in [1.82, 2.24) is 19.9 Å². The monoisotopic (exact) mass is 548 g/mol. The molecule has 0 fully saturated rings. The first-order chi connectivity index (χ1) is 19.9. The lowest BCUT2D eigenvalue weighted by atomic mass is 9.96. The van der Waals surface area contributed by atoms with Gasteiger partial charge in [0.25, 0.3) is 0 Å². The first kappa shape index (κ1) is 29.1. The SMILES string of the molecule is CCC1=C(CC)c2cc3[nH]c(c(C)c4nc(cc5[nH]c(cc1n2)c(CC)c5CC)C(CC)=C4CC)c(CC)c3CC. The Kier molecular flexibility index (Phi) is 8.40. The van der Waals surface area contributed by atoms with E-state index in [0.29, 0.717) is 0 Å². The summed E-state index contributed by atoms with van der Waals surface area (Å²) in [7, 11) is 0. The quantitative estimate of drug-likeness (QED) is 0.294. The normalized spacial score (nSPS) is 13.6. The molecule has 8 bridgehead atoms.